The van der Waals surface area contributed by atoms with Crippen molar-refractivity contribution >= 4 is 6.09 Å². The van der Waals surface area contributed by atoms with Crippen LogP contribution in [0.15, 0.2) is 12.2 Å². The summed E-state index contributed by atoms with van der Waals surface area (Å²) in [5.74, 6) is 0.624. The van der Waals surface area contributed by atoms with Crippen molar-refractivity contribution in [3.05, 3.63) is 12.2 Å². The molecule has 1 fully saturated rings. The maximum atomic E-state index is 11.1. The van der Waals surface area contributed by atoms with Gasteiger partial charge in [-0.25, -0.2) is 4.79 Å². The molecule has 0 aromatic rings. The first-order chi connectivity index (χ1) is 5.33. The number of hydrogen-bond donors (Lipinski definition) is 0. The van der Waals surface area contributed by atoms with Gasteiger partial charge in [0.2, 0.25) is 0 Å². The Hall–Kier alpha value is -0.990. The first kappa shape index (κ1) is 6.70. The molecule has 2 aliphatic rings. The normalized spacial score (nSPS) is 31.9. The first-order valence-electron chi connectivity index (χ1n) is 3.94. The van der Waals surface area contributed by atoms with Gasteiger partial charge in [-0.1, -0.05) is 12.2 Å². The number of carbonyl (C=O) groups excluding carboxylic acids is 1. The molecular weight excluding hydrogens is 142 g/mol. The van der Waals surface area contributed by atoms with Gasteiger partial charge in [-0.05, 0) is 6.92 Å². The third-order valence-electron chi connectivity index (χ3n) is 2.26. The lowest BCUT2D eigenvalue weighted by atomic mass is 9.80. The van der Waals surface area contributed by atoms with Crippen LogP contribution in [0.3, 0.4) is 0 Å². The van der Waals surface area contributed by atoms with Crippen LogP contribution in [0.2, 0.25) is 0 Å². The van der Waals surface area contributed by atoms with Gasteiger partial charge in [-0.3, -0.25) is 0 Å². The van der Waals surface area contributed by atoms with E-state index in [1.165, 1.54) is 0 Å². The summed E-state index contributed by atoms with van der Waals surface area (Å²) in [5, 5.41) is 0. The fourth-order valence-corrected chi connectivity index (χ4v) is 1.49. The zero-order chi connectivity index (χ0) is 7.84. The van der Waals surface area contributed by atoms with E-state index in [1.54, 1.807) is 4.90 Å². The van der Waals surface area contributed by atoms with Crippen LogP contribution >= 0.6 is 0 Å². The lowest BCUT2D eigenvalue weighted by Gasteiger charge is -2.49. The summed E-state index contributed by atoms with van der Waals surface area (Å²) < 4.78 is 4.85. The molecule has 0 saturated carbocycles. The predicted octanol–water partition coefficient (Wildman–Crippen LogP) is 1.01. The Morgan fingerprint density at radius 3 is 2.91 bits per heavy atom. The molecule has 1 aliphatic carbocycles. The molecule has 11 heavy (non-hydrogen) atoms. The lowest BCUT2D eigenvalue weighted by Crippen LogP contribution is -2.60. The van der Waals surface area contributed by atoms with Gasteiger partial charge in [-0.15, -0.1) is 0 Å². The smallest absolute Gasteiger partial charge is 0.410 e. The summed E-state index contributed by atoms with van der Waals surface area (Å²) in [6.45, 7) is 3.14. The molecule has 0 aromatic heterocycles. The summed E-state index contributed by atoms with van der Waals surface area (Å²) in [6.07, 6.45) is 4.02. The zero-order valence-electron chi connectivity index (χ0n) is 6.49. The topological polar surface area (TPSA) is 29.5 Å². The minimum atomic E-state index is -0.168. The van der Waals surface area contributed by atoms with E-state index in [9.17, 15) is 4.79 Å². The molecule has 60 valence electrons. The Labute approximate surface area is 65.6 Å². The van der Waals surface area contributed by atoms with Crippen LogP contribution < -0.4 is 0 Å². The minimum Gasteiger partial charge on any atom is -0.450 e. The second-order valence-electron chi connectivity index (χ2n) is 2.89. The van der Waals surface area contributed by atoms with Gasteiger partial charge >= 0.3 is 6.09 Å². The summed E-state index contributed by atoms with van der Waals surface area (Å²) in [5.41, 5.74) is 0. The van der Waals surface area contributed by atoms with Gasteiger partial charge in [0.05, 0.1) is 12.6 Å². The van der Waals surface area contributed by atoms with E-state index in [1.807, 2.05) is 13.0 Å². The molecule has 1 aliphatic heterocycles. The molecule has 0 bridgehead atoms. The number of carbonyl (C=O) groups is 1. The summed E-state index contributed by atoms with van der Waals surface area (Å²) in [7, 11) is 0. The van der Waals surface area contributed by atoms with Crippen LogP contribution in [-0.4, -0.2) is 30.2 Å². The number of nitrogens with zero attached hydrogens (tertiary/aromatic N) is 1. The molecule has 2 atom stereocenters. The average molecular weight is 153 g/mol. The molecule has 1 heterocycles. The van der Waals surface area contributed by atoms with E-state index >= 15 is 0 Å². The molecule has 3 heteroatoms. The fraction of sp³-hybridized carbons (Fsp3) is 0.625. The van der Waals surface area contributed by atoms with Crippen LogP contribution in [0.1, 0.15) is 6.92 Å². The van der Waals surface area contributed by atoms with Crippen molar-refractivity contribution in [2.75, 3.05) is 13.2 Å². The van der Waals surface area contributed by atoms with E-state index in [0.717, 1.165) is 6.54 Å². The standard InChI is InChI=1S/C8H11NO2/c1-2-11-8(10)9-5-6-3-4-7(6)9/h3-4,6-7H,2,5H2,1H3/t6-,7+/m1/s1. The molecular formula is C8H11NO2. The SMILES string of the molecule is CCOC(=O)N1C[C@H]2C=C[C@@H]21. The predicted molar refractivity (Wildman–Crippen MR) is 40.1 cm³/mol. The Morgan fingerprint density at radius 1 is 1.73 bits per heavy atom. The molecule has 0 N–H and O–H groups in total. The number of amides is 1. The van der Waals surface area contributed by atoms with Crippen molar-refractivity contribution in [2.24, 2.45) is 5.92 Å². The van der Waals surface area contributed by atoms with E-state index < -0.39 is 0 Å². The van der Waals surface area contributed by atoms with E-state index in [4.69, 9.17) is 4.74 Å². The maximum Gasteiger partial charge on any atom is 0.410 e. The van der Waals surface area contributed by atoms with Gasteiger partial charge in [-0.2, -0.15) is 0 Å². The summed E-state index contributed by atoms with van der Waals surface area (Å²) >= 11 is 0. The molecule has 1 amide bonds. The average Bonchev–Trinajstić information content (AvgIpc) is 1.95. The molecule has 0 radical (unpaired) electrons. The van der Waals surface area contributed by atoms with Gasteiger partial charge in [0.25, 0.3) is 0 Å². The highest BCUT2D eigenvalue weighted by Gasteiger charge is 2.44. The molecule has 1 saturated heterocycles. The van der Waals surface area contributed by atoms with E-state index in [-0.39, 0.29) is 6.09 Å². The Morgan fingerprint density at radius 2 is 2.55 bits per heavy atom. The molecule has 3 nitrogen and oxygen atoms in total. The second-order valence-corrected chi connectivity index (χ2v) is 2.89. The highest BCUT2D eigenvalue weighted by atomic mass is 16.6. The van der Waals surface area contributed by atoms with Crippen LogP contribution in [0.25, 0.3) is 0 Å². The van der Waals surface area contributed by atoms with Crippen molar-refractivity contribution in [3.8, 4) is 0 Å². The number of rotatable bonds is 1. The molecule has 2 rings (SSSR count). The summed E-state index contributed by atoms with van der Waals surface area (Å²) in [6, 6.07) is 0.356. The van der Waals surface area contributed by atoms with Crippen molar-refractivity contribution in [3.63, 3.8) is 0 Å². The zero-order valence-corrected chi connectivity index (χ0v) is 6.49. The van der Waals surface area contributed by atoms with Crippen molar-refractivity contribution in [1.29, 1.82) is 0 Å². The Bertz CT molecular complexity index is 212. The van der Waals surface area contributed by atoms with Crippen LogP contribution in [0, 0.1) is 5.92 Å². The third kappa shape index (κ3) is 0.836. The highest BCUT2D eigenvalue weighted by Crippen LogP contribution is 2.34. The van der Waals surface area contributed by atoms with Gasteiger partial charge in [0.15, 0.2) is 0 Å². The van der Waals surface area contributed by atoms with Crippen molar-refractivity contribution in [2.45, 2.75) is 13.0 Å². The quantitative estimate of drug-likeness (QED) is 0.526. The monoisotopic (exact) mass is 153 g/mol. The fourth-order valence-electron chi connectivity index (χ4n) is 1.49. The summed E-state index contributed by atoms with van der Waals surface area (Å²) in [4.78, 5) is 12.8. The van der Waals surface area contributed by atoms with Gasteiger partial charge < -0.3 is 9.64 Å². The van der Waals surface area contributed by atoms with E-state index in [2.05, 4.69) is 6.08 Å². The number of ether oxygens (including phenoxy) is 1. The van der Waals surface area contributed by atoms with Crippen molar-refractivity contribution in [1.82, 2.24) is 4.90 Å². The molecule has 0 aromatic carbocycles. The lowest BCUT2D eigenvalue weighted by molar-refractivity contribution is 0.0324. The largest absolute Gasteiger partial charge is 0.450 e. The van der Waals surface area contributed by atoms with Gasteiger partial charge in [0.1, 0.15) is 0 Å². The first-order valence-corrected chi connectivity index (χ1v) is 3.94. The van der Waals surface area contributed by atoms with Crippen molar-refractivity contribution < 1.29 is 9.53 Å². The van der Waals surface area contributed by atoms with Gasteiger partial charge in [0, 0.05) is 12.5 Å². The number of hydrogen-bond acceptors (Lipinski definition) is 2. The van der Waals surface area contributed by atoms with E-state index in [0.29, 0.717) is 18.6 Å². The van der Waals surface area contributed by atoms with Crippen LogP contribution in [0.5, 0.6) is 0 Å². The Kier molecular flexibility index (Phi) is 1.37. The molecule has 0 spiro atoms. The number of fused-ring (bicyclic) bond motifs is 1. The third-order valence-corrected chi connectivity index (χ3v) is 2.26. The minimum absolute atomic E-state index is 0.168. The highest BCUT2D eigenvalue weighted by molar-refractivity contribution is 5.70. The molecule has 0 unspecified atom stereocenters. The Balaban J connectivity index is 1.88. The van der Waals surface area contributed by atoms with Crippen LogP contribution in [-0.2, 0) is 4.74 Å². The second kappa shape index (κ2) is 2.26. The number of likely N-dealkylation sites (tertiary alicyclic amines) is 1. The van der Waals surface area contributed by atoms with Crippen LogP contribution in [0.4, 0.5) is 4.79 Å². The maximum absolute atomic E-state index is 11.1.